The Balaban J connectivity index is 2.87. The van der Waals surface area contributed by atoms with Crippen LogP contribution in [0, 0.1) is 6.08 Å². The second-order valence-corrected chi connectivity index (χ2v) is 1.97. The van der Waals surface area contributed by atoms with Gasteiger partial charge in [-0.2, -0.15) is 0 Å². The predicted octanol–water partition coefficient (Wildman–Crippen LogP) is 0.784. The maximum absolute atomic E-state index is 10.5. The summed E-state index contributed by atoms with van der Waals surface area (Å²) < 4.78 is 0. The molecule has 2 radical (unpaired) electrons. The maximum Gasteiger partial charge on any atom is 0.278 e. The zero-order chi connectivity index (χ0) is 6.85. The second kappa shape index (κ2) is 2.05. The number of carbonyl (C=O) groups excluding carboxylic acids is 1. The summed E-state index contributed by atoms with van der Waals surface area (Å²) >= 11 is 0. The van der Waals surface area contributed by atoms with E-state index in [9.17, 15) is 4.79 Å². The van der Waals surface area contributed by atoms with Crippen molar-refractivity contribution in [3.05, 3.63) is 23.4 Å². The molecule has 1 aliphatic heterocycles. The Morgan fingerprint density at radius 3 is 2.67 bits per heavy atom. The first-order valence-electron chi connectivity index (χ1n) is 2.73. The summed E-state index contributed by atoms with van der Waals surface area (Å²) in [4.78, 5) is 10.5. The van der Waals surface area contributed by atoms with Crippen LogP contribution >= 0.6 is 0 Å². The monoisotopic (exact) mass is 121 g/mol. The third-order valence-electron chi connectivity index (χ3n) is 1.25. The van der Waals surface area contributed by atoms with E-state index >= 15 is 0 Å². The van der Waals surface area contributed by atoms with Crippen molar-refractivity contribution in [3.63, 3.8) is 0 Å². The van der Waals surface area contributed by atoms with Crippen LogP contribution in [0.2, 0.25) is 0 Å². The van der Waals surface area contributed by atoms with E-state index < -0.39 is 0 Å². The Bertz CT molecular complexity index is 201. The maximum atomic E-state index is 10.5. The average molecular weight is 121 g/mol. The number of allylic oxidation sites excluding steroid dienone is 3. The van der Waals surface area contributed by atoms with Gasteiger partial charge in [-0.1, -0.05) is 0 Å². The van der Waals surface area contributed by atoms with Crippen LogP contribution in [0.15, 0.2) is 17.3 Å². The number of carbonyl (C=O) groups is 1. The molecule has 1 rings (SSSR count). The van der Waals surface area contributed by atoms with Crippen molar-refractivity contribution in [1.82, 2.24) is 5.32 Å². The summed E-state index contributed by atoms with van der Waals surface area (Å²) in [5, 5.41) is 3.66. The summed E-state index contributed by atoms with van der Waals surface area (Å²) in [7, 11) is 0. The van der Waals surface area contributed by atoms with Crippen LogP contribution in [0.4, 0.5) is 0 Å². The highest BCUT2D eigenvalue weighted by molar-refractivity contribution is 5.86. The normalized spacial score (nSPS) is 18.2. The molecule has 1 amide bonds. The lowest BCUT2D eigenvalue weighted by atomic mass is 10.2. The van der Waals surface area contributed by atoms with E-state index in [-0.39, 0.29) is 5.91 Å². The second-order valence-electron chi connectivity index (χ2n) is 1.97. The molecule has 0 unspecified atom stereocenters. The van der Waals surface area contributed by atoms with Crippen molar-refractivity contribution >= 4 is 5.91 Å². The highest BCUT2D eigenvalue weighted by atomic mass is 16.1. The molecule has 2 heteroatoms. The summed E-state index contributed by atoms with van der Waals surface area (Å²) in [6.07, 6.45) is 4.13. The molecule has 0 aromatic carbocycles. The molecule has 0 aliphatic carbocycles. The minimum absolute atomic E-state index is 0.280. The first kappa shape index (κ1) is 6.08. The topological polar surface area (TPSA) is 31.2 Å². The standard InChI is InChI=1S/C7H7NO/c1-5-3-4-7(9)8-6(5)2/h3H,1-2H3. The number of hydrogen-bond acceptors (Lipinski definition) is 1. The summed E-state index contributed by atoms with van der Waals surface area (Å²) in [6.45, 7) is 3.71. The van der Waals surface area contributed by atoms with Crippen molar-refractivity contribution in [1.29, 1.82) is 0 Å². The fourth-order valence-corrected chi connectivity index (χ4v) is 0.547. The number of amides is 1. The highest BCUT2D eigenvalue weighted by Crippen LogP contribution is 2.06. The molecule has 0 saturated carbocycles. The Kier molecular flexibility index (Phi) is 1.39. The van der Waals surface area contributed by atoms with E-state index in [0.717, 1.165) is 11.3 Å². The average Bonchev–Trinajstić information content (AvgIpc) is 1.80. The number of nitrogens with zero attached hydrogens (tertiary/aromatic N) is 1. The van der Waals surface area contributed by atoms with Gasteiger partial charge in [-0.15, -0.1) is 0 Å². The Labute approximate surface area is 54.3 Å². The summed E-state index contributed by atoms with van der Waals surface area (Å²) in [5.41, 5.74) is 1.80. The molecule has 0 N–H and O–H groups in total. The van der Waals surface area contributed by atoms with Gasteiger partial charge >= 0.3 is 0 Å². The molecule has 0 spiro atoms. The van der Waals surface area contributed by atoms with Gasteiger partial charge in [0.25, 0.3) is 5.91 Å². The summed E-state index contributed by atoms with van der Waals surface area (Å²) in [6, 6.07) is 0. The van der Waals surface area contributed by atoms with Crippen molar-refractivity contribution in [3.8, 4) is 0 Å². The van der Waals surface area contributed by atoms with Gasteiger partial charge in [0.2, 0.25) is 0 Å². The molecule has 0 fully saturated rings. The summed E-state index contributed by atoms with van der Waals surface area (Å²) in [5.74, 6) is -0.280. The van der Waals surface area contributed by atoms with Gasteiger partial charge in [0.1, 0.15) is 0 Å². The largest absolute Gasteiger partial charge is 0.278 e. The van der Waals surface area contributed by atoms with Crippen LogP contribution in [0.3, 0.4) is 0 Å². The smallest absolute Gasteiger partial charge is 0.267 e. The zero-order valence-corrected chi connectivity index (χ0v) is 5.43. The fraction of sp³-hybridized carbons (Fsp3) is 0.286. The zero-order valence-electron chi connectivity index (χ0n) is 5.43. The quantitative estimate of drug-likeness (QED) is 0.466. The Morgan fingerprint density at radius 1 is 1.56 bits per heavy atom. The first-order valence-corrected chi connectivity index (χ1v) is 2.73. The third-order valence-corrected chi connectivity index (χ3v) is 1.25. The van der Waals surface area contributed by atoms with Crippen LogP contribution in [0.5, 0.6) is 0 Å². The van der Waals surface area contributed by atoms with Gasteiger partial charge < -0.3 is 0 Å². The first-order chi connectivity index (χ1) is 4.20. The van der Waals surface area contributed by atoms with Crippen LogP contribution in [-0.4, -0.2) is 5.91 Å². The van der Waals surface area contributed by atoms with Crippen LogP contribution in [0.25, 0.3) is 0 Å². The molecular formula is C7H7NO. The predicted molar refractivity (Wildman–Crippen MR) is 33.3 cm³/mol. The number of rotatable bonds is 0. The molecule has 2 nitrogen and oxygen atoms in total. The van der Waals surface area contributed by atoms with E-state index in [4.69, 9.17) is 0 Å². The lowest BCUT2D eigenvalue weighted by Gasteiger charge is -2.04. The molecule has 46 valence electrons. The molecular weight excluding hydrogens is 114 g/mol. The van der Waals surface area contributed by atoms with Gasteiger partial charge in [-0.05, 0) is 25.5 Å². The van der Waals surface area contributed by atoms with Crippen molar-refractivity contribution in [2.24, 2.45) is 0 Å². The lowest BCUT2D eigenvalue weighted by Crippen LogP contribution is -2.15. The molecule has 1 heterocycles. The van der Waals surface area contributed by atoms with Crippen molar-refractivity contribution < 1.29 is 4.79 Å². The SMILES string of the molecule is CC1=C(C)[N]C(=O)[C]=C1. The molecule has 9 heavy (non-hydrogen) atoms. The van der Waals surface area contributed by atoms with E-state index in [1.807, 2.05) is 13.8 Å². The molecule has 0 aromatic rings. The van der Waals surface area contributed by atoms with Crippen LogP contribution in [-0.2, 0) is 4.79 Å². The lowest BCUT2D eigenvalue weighted by molar-refractivity contribution is -0.116. The van der Waals surface area contributed by atoms with E-state index in [2.05, 4.69) is 11.4 Å². The third kappa shape index (κ3) is 1.19. The van der Waals surface area contributed by atoms with Gasteiger partial charge in [-0.3, -0.25) is 4.79 Å². The van der Waals surface area contributed by atoms with Gasteiger partial charge in [-0.25, -0.2) is 5.32 Å². The molecule has 0 aromatic heterocycles. The molecule has 0 saturated heterocycles. The molecule has 0 bridgehead atoms. The molecule has 0 atom stereocenters. The Hall–Kier alpha value is -1.05. The Morgan fingerprint density at radius 2 is 2.22 bits per heavy atom. The fourth-order valence-electron chi connectivity index (χ4n) is 0.547. The van der Waals surface area contributed by atoms with E-state index in [1.54, 1.807) is 6.08 Å². The van der Waals surface area contributed by atoms with Crippen LogP contribution < -0.4 is 5.32 Å². The minimum atomic E-state index is -0.280. The van der Waals surface area contributed by atoms with E-state index in [0.29, 0.717) is 0 Å². The van der Waals surface area contributed by atoms with Gasteiger partial charge in [0, 0.05) is 5.70 Å². The van der Waals surface area contributed by atoms with Crippen LogP contribution in [0.1, 0.15) is 13.8 Å². The van der Waals surface area contributed by atoms with Gasteiger partial charge in [0.05, 0.1) is 6.08 Å². The van der Waals surface area contributed by atoms with Crippen molar-refractivity contribution in [2.45, 2.75) is 13.8 Å². The van der Waals surface area contributed by atoms with E-state index in [1.165, 1.54) is 0 Å². The van der Waals surface area contributed by atoms with Crippen molar-refractivity contribution in [2.75, 3.05) is 0 Å². The minimum Gasteiger partial charge on any atom is -0.267 e. The highest BCUT2D eigenvalue weighted by Gasteiger charge is 2.06. The molecule has 1 aliphatic rings. The van der Waals surface area contributed by atoms with Gasteiger partial charge in [0.15, 0.2) is 0 Å². The number of hydrogen-bond donors (Lipinski definition) is 0.